The Labute approximate surface area is 109 Å². The summed E-state index contributed by atoms with van der Waals surface area (Å²) in [6, 6.07) is 8.88. The van der Waals surface area contributed by atoms with Crippen molar-refractivity contribution < 1.29 is 0 Å². The smallest absolute Gasteiger partial charge is 0.0205 e. The van der Waals surface area contributed by atoms with Gasteiger partial charge < -0.3 is 5.32 Å². The normalized spacial score (nSPS) is 16.5. The van der Waals surface area contributed by atoms with Gasteiger partial charge in [0.2, 0.25) is 0 Å². The third-order valence-corrected chi connectivity index (χ3v) is 4.44. The number of hydrogen-bond acceptors (Lipinski definition) is 2. The summed E-state index contributed by atoms with van der Waals surface area (Å²) in [5, 5.41) is 3.56. The first-order valence-electron chi connectivity index (χ1n) is 6.72. The highest BCUT2D eigenvalue weighted by Gasteiger charge is 2.13. The Morgan fingerprint density at radius 1 is 1.18 bits per heavy atom. The fourth-order valence-electron chi connectivity index (χ4n) is 2.58. The van der Waals surface area contributed by atoms with Crippen molar-refractivity contribution in [3.05, 3.63) is 29.8 Å². The topological polar surface area (TPSA) is 12.0 Å². The molecule has 1 aliphatic carbocycles. The van der Waals surface area contributed by atoms with Crippen molar-refractivity contribution in [3.63, 3.8) is 0 Å². The molecule has 1 nitrogen and oxygen atoms in total. The summed E-state index contributed by atoms with van der Waals surface area (Å²) in [6.45, 7) is 2.19. The zero-order valence-electron chi connectivity index (χ0n) is 10.7. The first-order chi connectivity index (χ1) is 8.38. The van der Waals surface area contributed by atoms with Gasteiger partial charge in [0, 0.05) is 11.4 Å². The van der Waals surface area contributed by atoms with Crippen LogP contribution < -0.4 is 5.32 Å². The lowest BCUT2D eigenvalue weighted by Gasteiger charge is -2.10. The molecule has 2 heteroatoms. The van der Waals surface area contributed by atoms with E-state index in [0.717, 1.165) is 12.5 Å². The van der Waals surface area contributed by atoms with Crippen molar-refractivity contribution in [3.8, 4) is 0 Å². The van der Waals surface area contributed by atoms with Crippen molar-refractivity contribution >= 4 is 11.8 Å². The van der Waals surface area contributed by atoms with Gasteiger partial charge in [0.25, 0.3) is 0 Å². The fourth-order valence-corrected chi connectivity index (χ4v) is 2.99. The molecule has 17 heavy (non-hydrogen) atoms. The van der Waals surface area contributed by atoms with E-state index in [9.17, 15) is 0 Å². The van der Waals surface area contributed by atoms with E-state index in [-0.39, 0.29) is 0 Å². The summed E-state index contributed by atoms with van der Waals surface area (Å²) in [6.07, 6.45) is 9.33. The zero-order valence-corrected chi connectivity index (χ0v) is 11.6. The molecule has 0 bridgehead atoms. The van der Waals surface area contributed by atoms with Crippen molar-refractivity contribution in [2.75, 3.05) is 12.8 Å². The van der Waals surface area contributed by atoms with Crippen molar-refractivity contribution in [2.45, 2.75) is 43.5 Å². The Kier molecular flexibility index (Phi) is 5.40. The molecule has 1 aromatic carbocycles. The molecule has 0 radical (unpaired) electrons. The van der Waals surface area contributed by atoms with E-state index >= 15 is 0 Å². The van der Waals surface area contributed by atoms with Gasteiger partial charge in [-0.1, -0.05) is 37.8 Å². The Hall–Kier alpha value is -0.470. The Morgan fingerprint density at radius 2 is 1.88 bits per heavy atom. The predicted octanol–water partition coefficient (Wildman–Crippen LogP) is 4.08. The van der Waals surface area contributed by atoms with Gasteiger partial charge in [-0.25, -0.2) is 0 Å². The van der Waals surface area contributed by atoms with Crippen molar-refractivity contribution in [2.24, 2.45) is 5.92 Å². The van der Waals surface area contributed by atoms with E-state index in [0.29, 0.717) is 0 Å². The van der Waals surface area contributed by atoms with Crippen LogP contribution in [-0.2, 0) is 6.54 Å². The van der Waals surface area contributed by atoms with Crippen LogP contribution in [0.3, 0.4) is 0 Å². The molecule has 0 spiro atoms. The van der Waals surface area contributed by atoms with Gasteiger partial charge in [-0.2, -0.15) is 0 Å². The highest BCUT2D eigenvalue weighted by molar-refractivity contribution is 7.98. The molecular weight excluding hydrogens is 226 g/mol. The third-order valence-electron chi connectivity index (χ3n) is 3.69. The molecule has 0 aromatic heterocycles. The van der Waals surface area contributed by atoms with Crippen LogP contribution in [0.25, 0.3) is 0 Å². The van der Waals surface area contributed by atoms with Gasteiger partial charge in [0.15, 0.2) is 0 Å². The molecule has 1 aliphatic rings. The second kappa shape index (κ2) is 7.07. The first-order valence-corrected chi connectivity index (χ1v) is 7.94. The summed E-state index contributed by atoms with van der Waals surface area (Å²) >= 11 is 1.80. The SMILES string of the molecule is CSc1ccc(CNCCC2CCCC2)cc1. The predicted molar refractivity (Wildman–Crippen MR) is 76.5 cm³/mol. The lowest BCUT2D eigenvalue weighted by Crippen LogP contribution is -2.16. The van der Waals surface area contributed by atoms with E-state index in [1.807, 2.05) is 0 Å². The van der Waals surface area contributed by atoms with Gasteiger partial charge in [-0.15, -0.1) is 11.8 Å². The second-order valence-electron chi connectivity index (χ2n) is 4.96. The average molecular weight is 249 g/mol. The summed E-state index contributed by atoms with van der Waals surface area (Å²) in [7, 11) is 0. The summed E-state index contributed by atoms with van der Waals surface area (Å²) < 4.78 is 0. The van der Waals surface area contributed by atoms with Crippen LogP contribution in [0.2, 0.25) is 0 Å². The largest absolute Gasteiger partial charge is 0.313 e. The molecule has 0 atom stereocenters. The molecule has 0 unspecified atom stereocenters. The average Bonchev–Trinajstić information content (AvgIpc) is 2.88. The minimum atomic E-state index is 1.00. The molecule has 0 aliphatic heterocycles. The molecule has 1 N–H and O–H groups in total. The van der Waals surface area contributed by atoms with Crippen molar-refractivity contribution in [1.29, 1.82) is 0 Å². The van der Waals surface area contributed by atoms with Gasteiger partial charge in [-0.3, -0.25) is 0 Å². The summed E-state index contributed by atoms with van der Waals surface area (Å²) in [5.74, 6) is 1.00. The second-order valence-corrected chi connectivity index (χ2v) is 5.84. The highest BCUT2D eigenvalue weighted by atomic mass is 32.2. The third kappa shape index (κ3) is 4.36. The molecule has 1 aromatic rings. The van der Waals surface area contributed by atoms with Crippen LogP contribution in [0.4, 0.5) is 0 Å². The Morgan fingerprint density at radius 3 is 2.53 bits per heavy atom. The van der Waals surface area contributed by atoms with Crippen LogP contribution in [0.15, 0.2) is 29.2 Å². The van der Waals surface area contributed by atoms with Crippen LogP contribution >= 0.6 is 11.8 Å². The van der Waals surface area contributed by atoms with Gasteiger partial charge in [0.1, 0.15) is 0 Å². The van der Waals surface area contributed by atoms with Gasteiger partial charge in [0.05, 0.1) is 0 Å². The van der Waals surface area contributed by atoms with Gasteiger partial charge >= 0.3 is 0 Å². The van der Waals surface area contributed by atoms with Crippen LogP contribution in [0.1, 0.15) is 37.7 Å². The summed E-state index contributed by atoms with van der Waals surface area (Å²) in [5.41, 5.74) is 1.40. The van der Waals surface area contributed by atoms with E-state index in [1.165, 1.54) is 49.1 Å². The summed E-state index contributed by atoms with van der Waals surface area (Å²) in [4.78, 5) is 1.35. The lowest BCUT2D eigenvalue weighted by molar-refractivity contribution is 0.477. The van der Waals surface area contributed by atoms with Crippen LogP contribution in [0.5, 0.6) is 0 Å². The van der Waals surface area contributed by atoms with Crippen LogP contribution in [-0.4, -0.2) is 12.8 Å². The quantitative estimate of drug-likeness (QED) is 0.602. The molecule has 1 saturated carbocycles. The Balaban J connectivity index is 1.63. The molecule has 2 rings (SSSR count). The molecule has 94 valence electrons. The number of thioether (sulfide) groups is 1. The molecule has 0 saturated heterocycles. The molecule has 0 amide bonds. The number of hydrogen-bond donors (Lipinski definition) is 1. The first kappa shape index (κ1) is 13.0. The standard InChI is InChI=1S/C15H23NS/c1-17-15-8-6-14(7-9-15)12-16-11-10-13-4-2-3-5-13/h6-9,13,16H,2-5,10-12H2,1H3. The number of nitrogens with one attached hydrogen (secondary N) is 1. The maximum atomic E-state index is 3.56. The Bertz CT molecular complexity index is 314. The molecule has 0 heterocycles. The minimum absolute atomic E-state index is 1.00. The van der Waals surface area contributed by atoms with Gasteiger partial charge in [-0.05, 0) is 42.8 Å². The zero-order chi connectivity index (χ0) is 11.9. The minimum Gasteiger partial charge on any atom is -0.313 e. The molecule has 1 fully saturated rings. The van der Waals surface area contributed by atoms with E-state index in [1.54, 1.807) is 11.8 Å². The monoisotopic (exact) mass is 249 g/mol. The van der Waals surface area contributed by atoms with Crippen LogP contribution in [0, 0.1) is 5.92 Å². The maximum Gasteiger partial charge on any atom is 0.0205 e. The fraction of sp³-hybridized carbons (Fsp3) is 0.600. The maximum absolute atomic E-state index is 3.56. The van der Waals surface area contributed by atoms with Crippen molar-refractivity contribution in [1.82, 2.24) is 5.32 Å². The highest BCUT2D eigenvalue weighted by Crippen LogP contribution is 2.26. The number of benzene rings is 1. The lowest BCUT2D eigenvalue weighted by atomic mass is 10.0. The van der Waals surface area contributed by atoms with E-state index in [4.69, 9.17) is 0 Å². The van der Waals surface area contributed by atoms with E-state index in [2.05, 4.69) is 35.8 Å². The molecular formula is C15H23NS. The number of rotatable bonds is 6. The van der Waals surface area contributed by atoms with E-state index < -0.39 is 0 Å².